The average Bonchev–Trinajstić information content (AvgIpc) is 3.47. The van der Waals surface area contributed by atoms with E-state index in [1.54, 1.807) is 19.2 Å². The number of rotatable bonds is 6. The van der Waals surface area contributed by atoms with Crippen LogP contribution in [0.5, 0.6) is 17.2 Å². The number of hydrogen-bond donors (Lipinski definition) is 2. The molecule has 6 rings (SSSR count). The van der Waals surface area contributed by atoms with E-state index in [4.69, 9.17) is 9.47 Å². The Bertz CT molecular complexity index is 1380. The van der Waals surface area contributed by atoms with Crippen LogP contribution in [0.15, 0.2) is 72.8 Å². The number of ether oxygens (including phenoxy) is 2. The summed E-state index contributed by atoms with van der Waals surface area (Å²) in [4.78, 5) is 0. The lowest BCUT2D eigenvalue weighted by Crippen LogP contribution is -2.13. The van der Waals surface area contributed by atoms with Gasteiger partial charge in [0.1, 0.15) is 5.75 Å². The van der Waals surface area contributed by atoms with Crippen molar-refractivity contribution in [1.82, 2.24) is 10.2 Å². The predicted octanol–water partition coefficient (Wildman–Crippen LogP) is 6.76. The Morgan fingerprint density at radius 2 is 1.69 bits per heavy atom. The monoisotopic (exact) mass is 464 g/mol. The number of fused-ring (bicyclic) bond motifs is 3. The minimum atomic E-state index is 0.272. The van der Waals surface area contributed by atoms with Crippen LogP contribution in [-0.4, -0.2) is 29.0 Å². The van der Waals surface area contributed by atoms with E-state index >= 15 is 0 Å². The van der Waals surface area contributed by atoms with Gasteiger partial charge in [-0.3, -0.25) is 5.10 Å². The highest BCUT2D eigenvalue weighted by molar-refractivity contribution is 5.83. The number of phenolic OH excluding ortho intramolecular Hbond substituents is 1. The van der Waals surface area contributed by atoms with E-state index in [9.17, 15) is 5.11 Å². The van der Waals surface area contributed by atoms with Crippen molar-refractivity contribution in [3.05, 3.63) is 83.9 Å². The number of benzene rings is 3. The molecule has 0 bridgehead atoms. The summed E-state index contributed by atoms with van der Waals surface area (Å²) >= 11 is 0. The largest absolute Gasteiger partial charge is 0.508 e. The van der Waals surface area contributed by atoms with Crippen LogP contribution in [-0.2, 0) is 6.42 Å². The first-order valence-electron chi connectivity index (χ1n) is 12.2. The number of nitrogens with one attached hydrogen (secondary N) is 1. The summed E-state index contributed by atoms with van der Waals surface area (Å²) in [5, 5.41) is 17.5. The van der Waals surface area contributed by atoms with Crippen molar-refractivity contribution < 1.29 is 14.6 Å². The highest BCUT2D eigenvalue weighted by atomic mass is 16.5. The Kier molecular flexibility index (Phi) is 5.53. The fourth-order valence-electron chi connectivity index (χ4n) is 5.13. The van der Waals surface area contributed by atoms with Crippen LogP contribution in [0.25, 0.3) is 33.6 Å². The molecule has 1 unspecified atom stereocenters. The van der Waals surface area contributed by atoms with Crippen LogP contribution < -0.4 is 9.47 Å². The summed E-state index contributed by atoms with van der Waals surface area (Å²) < 4.78 is 11.9. The van der Waals surface area contributed by atoms with Crippen LogP contribution in [0.3, 0.4) is 0 Å². The van der Waals surface area contributed by atoms with Crippen LogP contribution in [0, 0.1) is 5.92 Å². The molecule has 0 saturated carbocycles. The molecule has 176 valence electrons. The number of aromatic amines is 1. The molecule has 0 saturated heterocycles. The van der Waals surface area contributed by atoms with Crippen LogP contribution >= 0.6 is 0 Å². The van der Waals surface area contributed by atoms with Crippen molar-refractivity contribution in [2.75, 3.05) is 13.7 Å². The zero-order valence-electron chi connectivity index (χ0n) is 19.8. The highest BCUT2D eigenvalue weighted by Gasteiger charge is 2.27. The molecule has 0 radical (unpaired) electrons. The number of phenols is 1. The molecule has 2 aliphatic carbocycles. The van der Waals surface area contributed by atoms with E-state index in [0.717, 1.165) is 64.4 Å². The molecule has 0 aliphatic heterocycles. The van der Waals surface area contributed by atoms with Crippen molar-refractivity contribution in [3.63, 3.8) is 0 Å². The van der Waals surface area contributed by atoms with E-state index in [1.165, 1.54) is 17.5 Å². The Labute approximate surface area is 205 Å². The van der Waals surface area contributed by atoms with E-state index in [-0.39, 0.29) is 5.75 Å². The average molecular weight is 465 g/mol. The fourth-order valence-corrected chi connectivity index (χ4v) is 5.13. The molecular formula is C30H28N2O3. The molecule has 3 aromatic carbocycles. The van der Waals surface area contributed by atoms with Gasteiger partial charge in [-0.05, 0) is 66.1 Å². The van der Waals surface area contributed by atoms with Gasteiger partial charge >= 0.3 is 0 Å². The zero-order chi connectivity index (χ0) is 23.8. The molecule has 0 amide bonds. The quantitative estimate of drug-likeness (QED) is 0.272. The molecule has 2 aliphatic rings. The van der Waals surface area contributed by atoms with Gasteiger partial charge in [0.25, 0.3) is 0 Å². The molecule has 2 N–H and O–H groups in total. The predicted molar refractivity (Wildman–Crippen MR) is 138 cm³/mol. The molecule has 5 nitrogen and oxygen atoms in total. The zero-order valence-corrected chi connectivity index (χ0v) is 19.8. The molecule has 35 heavy (non-hydrogen) atoms. The van der Waals surface area contributed by atoms with Gasteiger partial charge in [-0.25, -0.2) is 0 Å². The van der Waals surface area contributed by atoms with Crippen LogP contribution in [0.4, 0.5) is 0 Å². The number of aromatic nitrogens is 2. The van der Waals surface area contributed by atoms with Crippen molar-refractivity contribution in [2.45, 2.75) is 25.7 Å². The maximum absolute atomic E-state index is 9.55. The first-order chi connectivity index (χ1) is 17.2. The number of aromatic hydroxyl groups is 1. The van der Waals surface area contributed by atoms with Gasteiger partial charge in [0.2, 0.25) is 0 Å². The first-order valence-corrected chi connectivity index (χ1v) is 12.2. The maximum atomic E-state index is 9.55. The van der Waals surface area contributed by atoms with E-state index < -0.39 is 0 Å². The SMILES string of the molecule is COc1cc2c(cc1OCC1CC=CCC1)Cc1c(-c3ccc(-c4ccc(O)cc4)cc3)n[nH]c1-2. The third-order valence-electron chi connectivity index (χ3n) is 7.10. The van der Waals surface area contributed by atoms with E-state index in [0.29, 0.717) is 12.5 Å². The Morgan fingerprint density at radius 1 is 0.943 bits per heavy atom. The van der Waals surface area contributed by atoms with Gasteiger partial charge in [0.15, 0.2) is 11.5 Å². The van der Waals surface area contributed by atoms with E-state index in [2.05, 4.69) is 58.7 Å². The van der Waals surface area contributed by atoms with Gasteiger partial charge in [-0.15, -0.1) is 0 Å². The molecule has 0 fully saturated rings. The van der Waals surface area contributed by atoms with Gasteiger partial charge in [0.05, 0.1) is 25.1 Å². The molecule has 0 spiro atoms. The topological polar surface area (TPSA) is 67.4 Å². The molecular weight excluding hydrogens is 436 g/mol. The first kappa shape index (κ1) is 21.5. The van der Waals surface area contributed by atoms with Gasteiger partial charge in [-0.1, -0.05) is 48.6 Å². The molecule has 4 aromatic rings. The van der Waals surface area contributed by atoms with Crippen molar-refractivity contribution >= 4 is 0 Å². The van der Waals surface area contributed by atoms with Gasteiger partial charge < -0.3 is 14.6 Å². The number of H-pyrrole nitrogens is 1. The second kappa shape index (κ2) is 8.99. The van der Waals surface area contributed by atoms with Gasteiger partial charge in [0, 0.05) is 23.1 Å². The molecule has 1 atom stereocenters. The number of hydrogen-bond acceptors (Lipinski definition) is 4. The second-order valence-corrected chi connectivity index (χ2v) is 9.35. The third kappa shape index (κ3) is 4.08. The highest BCUT2D eigenvalue weighted by Crippen LogP contribution is 2.45. The lowest BCUT2D eigenvalue weighted by molar-refractivity contribution is 0.229. The number of methoxy groups -OCH3 is 1. The summed E-state index contributed by atoms with van der Waals surface area (Å²) in [6.45, 7) is 0.713. The summed E-state index contributed by atoms with van der Waals surface area (Å²) in [6, 6.07) is 19.9. The maximum Gasteiger partial charge on any atom is 0.161 e. The number of allylic oxidation sites excluding steroid dienone is 2. The van der Waals surface area contributed by atoms with Crippen molar-refractivity contribution in [1.29, 1.82) is 0 Å². The third-order valence-corrected chi connectivity index (χ3v) is 7.10. The minimum absolute atomic E-state index is 0.272. The Balaban J connectivity index is 1.25. The van der Waals surface area contributed by atoms with E-state index in [1.807, 2.05) is 12.1 Å². The van der Waals surface area contributed by atoms with Gasteiger partial charge in [-0.2, -0.15) is 5.10 Å². The van der Waals surface area contributed by atoms with Crippen molar-refractivity contribution in [3.8, 4) is 50.9 Å². The smallest absolute Gasteiger partial charge is 0.161 e. The molecule has 1 heterocycles. The van der Waals surface area contributed by atoms with Crippen LogP contribution in [0.1, 0.15) is 30.4 Å². The lowest BCUT2D eigenvalue weighted by atomic mass is 9.95. The Hall–Kier alpha value is -3.99. The second-order valence-electron chi connectivity index (χ2n) is 9.35. The summed E-state index contributed by atoms with van der Waals surface area (Å²) in [5.41, 5.74) is 8.84. The van der Waals surface area contributed by atoms with Crippen molar-refractivity contribution in [2.24, 2.45) is 5.92 Å². The molecule has 5 heteroatoms. The summed E-state index contributed by atoms with van der Waals surface area (Å²) in [6.07, 6.45) is 8.72. The normalized spacial score (nSPS) is 16.1. The standard InChI is InChI=1S/C30H28N2O3/c1-34-27-17-25-23(16-28(27)35-18-19-5-3-2-4-6-19)15-26-29(31-32-30(25)26)22-9-7-20(8-10-22)21-11-13-24(33)14-12-21/h2-3,7-14,16-17,19,33H,4-6,15,18H2,1H3,(H,31,32). The Morgan fingerprint density at radius 3 is 2.40 bits per heavy atom. The molecule has 1 aromatic heterocycles. The fraction of sp³-hybridized carbons (Fsp3) is 0.233. The lowest BCUT2D eigenvalue weighted by Gasteiger charge is -2.20. The summed E-state index contributed by atoms with van der Waals surface area (Å²) in [5.74, 6) is 2.41. The summed E-state index contributed by atoms with van der Waals surface area (Å²) in [7, 11) is 1.70. The minimum Gasteiger partial charge on any atom is -0.508 e. The number of nitrogens with zero attached hydrogens (tertiary/aromatic N) is 1. The van der Waals surface area contributed by atoms with Crippen LogP contribution in [0.2, 0.25) is 0 Å².